The molecule has 1 amide bonds. The lowest BCUT2D eigenvalue weighted by Gasteiger charge is -2.09. The second-order valence-corrected chi connectivity index (χ2v) is 3.98. The number of carbonyl (C=O) groups is 2. The van der Waals surface area contributed by atoms with Crippen molar-refractivity contribution in [2.75, 3.05) is 32.2 Å². The van der Waals surface area contributed by atoms with Crippen LogP contribution in [-0.2, 0) is 14.3 Å². The summed E-state index contributed by atoms with van der Waals surface area (Å²) in [5.74, 6) is -0.885. The maximum atomic E-state index is 11.5. The lowest BCUT2D eigenvalue weighted by molar-refractivity contribution is -0.120. The number of nitrogens with one attached hydrogen (secondary N) is 1. The molecule has 0 radical (unpaired) electrons. The van der Waals surface area contributed by atoms with Crippen LogP contribution in [0.4, 0.5) is 5.69 Å². The molecule has 0 spiro atoms. The van der Waals surface area contributed by atoms with Crippen LogP contribution in [-0.4, -0.2) is 38.7 Å². The molecule has 0 aromatic heterocycles. The molecule has 19 heavy (non-hydrogen) atoms. The Kier molecular flexibility index (Phi) is 6.27. The minimum atomic E-state index is -0.508. The van der Waals surface area contributed by atoms with E-state index in [1.54, 1.807) is 0 Å². The monoisotopic (exact) mass is 286 g/mol. The van der Waals surface area contributed by atoms with Crippen molar-refractivity contribution < 1.29 is 19.1 Å². The fourth-order valence-electron chi connectivity index (χ4n) is 1.30. The van der Waals surface area contributed by atoms with Crippen LogP contribution in [0, 0.1) is 0 Å². The summed E-state index contributed by atoms with van der Waals surface area (Å²) in [6.07, 6.45) is 0. The fraction of sp³-hybridized carbons (Fsp3) is 0.333. The molecule has 104 valence electrons. The Balaban J connectivity index is 2.71. The summed E-state index contributed by atoms with van der Waals surface area (Å²) in [5.41, 5.74) is 5.85. The lowest BCUT2D eigenvalue weighted by atomic mass is 10.2. The van der Waals surface area contributed by atoms with Gasteiger partial charge in [-0.25, -0.2) is 4.79 Å². The maximum Gasteiger partial charge on any atom is 0.337 e. The second kappa shape index (κ2) is 7.73. The van der Waals surface area contributed by atoms with Crippen molar-refractivity contribution in [3.05, 3.63) is 28.8 Å². The van der Waals surface area contributed by atoms with Gasteiger partial charge < -0.3 is 20.5 Å². The molecule has 0 saturated carbocycles. The zero-order chi connectivity index (χ0) is 14.3. The third-order valence-corrected chi connectivity index (χ3v) is 2.49. The van der Waals surface area contributed by atoms with Crippen LogP contribution in [0.2, 0.25) is 5.02 Å². The normalized spacial score (nSPS) is 10.1. The van der Waals surface area contributed by atoms with Gasteiger partial charge in [0.05, 0.1) is 30.0 Å². The van der Waals surface area contributed by atoms with Crippen LogP contribution in [0.5, 0.6) is 0 Å². The molecule has 6 nitrogen and oxygen atoms in total. The second-order valence-electron chi connectivity index (χ2n) is 3.58. The number of hydrogen-bond acceptors (Lipinski definition) is 5. The Labute approximate surface area is 115 Å². The van der Waals surface area contributed by atoms with Crippen LogP contribution < -0.4 is 11.1 Å². The van der Waals surface area contributed by atoms with Crippen LogP contribution >= 0.6 is 11.6 Å². The van der Waals surface area contributed by atoms with Gasteiger partial charge in [0.1, 0.15) is 6.61 Å². The van der Waals surface area contributed by atoms with Crippen molar-refractivity contribution >= 4 is 29.2 Å². The van der Waals surface area contributed by atoms with Gasteiger partial charge in [0.2, 0.25) is 5.91 Å². The highest BCUT2D eigenvalue weighted by Gasteiger charge is 2.11. The molecule has 0 saturated heterocycles. The van der Waals surface area contributed by atoms with Gasteiger partial charge in [-0.2, -0.15) is 0 Å². The van der Waals surface area contributed by atoms with E-state index in [0.717, 1.165) is 0 Å². The third kappa shape index (κ3) is 4.86. The van der Waals surface area contributed by atoms with Gasteiger partial charge in [0.15, 0.2) is 0 Å². The zero-order valence-electron chi connectivity index (χ0n) is 10.4. The van der Waals surface area contributed by atoms with Crippen LogP contribution in [0.1, 0.15) is 10.4 Å². The van der Waals surface area contributed by atoms with E-state index in [9.17, 15) is 9.59 Å². The number of halogens is 1. The molecule has 0 heterocycles. The number of methoxy groups -OCH3 is 1. The number of hydrogen-bond donors (Lipinski definition) is 2. The Morgan fingerprint density at radius 2 is 2.16 bits per heavy atom. The molecule has 0 aliphatic carbocycles. The predicted molar refractivity (Wildman–Crippen MR) is 71.3 cm³/mol. The highest BCUT2D eigenvalue weighted by atomic mass is 35.5. The van der Waals surface area contributed by atoms with Crippen molar-refractivity contribution in [2.45, 2.75) is 0 Å². The van der Waals surface area contributed by atoms with Gasteiger partial charge in [-0.1, -0.05) is 11.6 Å². The summed E-state index contributed by atoms with van der Waals surface area (Å²) >= 11 is 5.92. The Morgan fingerprint density at radius 3 is 2.79 bits per heavy atom. The molecular formula is C12H15ClN2O4. The molecule has 3 N–H and O–H groups in total. The van der Waals surface area contributed by atoms with E-state index < -0.39 is 5.97 Å². The molecular weight excluding hydrogens is 272 g/mol. The number of nitrogens with two attached hydrogens (primary N) is 1. The predicted octanol–water partition coefficient (Wildman–Crippen LogP) is 1.04. The Morgan fingerprint density at radius 1 is 1.42 bits per heavy atom. The molecule has 0 atom stereocenters. The molecule has 0 aliphatic heterocycles. The van der Waals surface area contributed by atoms with Gasteiger partial charge in [0, 0.05) is 6.54 Å². The largest absolute Gasteiger partial charge is 0.465 e. The third-order valence-electron chi connectivity index (χ3n) is 2.16. The van der Waals surface area contributed by atoms with Crippen LogP contribution in [0.25, 0.3) is 0 Å². The molecule has 1 aromatic rings. The Hall–Kier alpha value is -1.63. The van der Waals surface area contributed by atoms with Gasteiger partial charge in [-0.05, 0) is 18.2 Å². The summed E-state index contributed by atoms with van der Waals surface area (Å²) in [7, 11) is 1.27. The van der Waals surface area contributed by atoms with Crippen molar-refractivity contribution in [2.24, 2.45) is 5.73 Å². The van der Waals surface area contributed by atoms with E-state index in [1.807, 2.05) is 0 Å². The van der Waals surface area contributed by atoms with Crippen molar-refractivity contribution in [1.29, 1.82) is 0 Å². The highest BCUT2D eigenvalue weighted by molar-refractivity contribution is 6.33. The summed E-state index contributed by atoms with van der Waals surface area (Å²) in [4.78, 5) is 22.9. The quantitative estimate of drug-likeness (QED) is 0.602. The smallest absolute Gasteiger partial charge is 0.337 e. The first-order valence-electron chi connectivity index (χ1n) is 5.54. The first-order chi connectivity index (χ1) is 9.08. The van der Waals surface area contributed by atoms with Crippen molar-refractivity contribution in [3.63, 3.8) is 0 Å². The molecule has 1 aromatic carbocycles. The van der Waals surface area contributed by atoms with Crippen LogP contribution in [0.3, 0.4) is 0 Å². The highest BCUT2D eigenvalue weighted by Crippen LogP contribution is 2.23. The minimum Gasteiger partial charge on any atom is -0.465 e. The van der Waals surface area contributed by atoms with Gasteiger partial charge in [-0.15, -0.1) is 0 Å². The number of rotatable bonds is 6. The first-order valence-corrected chi connectivity index (χ1v) is 5.91. The van der Waals surface area contributed by atoms with E-state index >= 15 is 0 Å². The number of amides is 1. The van der Waals surface area contributed by atoms with E-state index in [1.165, 1.54) is 25.3 Å². The molecule has 0 bridgehead atoms. The Bertz CT molecular complexity index is 465. The zero-order valence-corrected chi connectivity index (χ0v) is 11.2. The molecule has 0 aliphatic rings. The number of esters is 1. The summed E-state index contributed by atoms with van der Waals surface area (Å²) < 4.78 is 9.57. The first kappa shape index (κ1) is 15.4. The van der Waals surface area contributed by atoms with E-state index in [2.05, 4.69) is 10.1 Å². The number of anilines is 1. The average Bonchev–Trinajstić information content (AvgIpc) is 2.40. The average molecular weight is 287 g/mol. The molecule has 7 heteroatoms. The maximum absolute atomic E-state index is 11.5. The van der Waals surface area contributed by atoms with E-state index in [-0.39, 0.29) is 12.5 Å². The SMILES string of the molecule is COC(=O)c1ccc(Cl)c(NC(=O)COCCN)c1. The molecule has 0 unspecified atom stereocenters. The number of benzene rings is 1. The van der Waals surface area contributed by atoms with Gasteiger partial charge >= 0.3 is 5.97 Å². The number of ether oxygens (including phenoxy) is 2. The van der Waals surface area contributed by atoms with E-state index in [4.69, 9.17) is 22.1 Å². The van der Waals surface area contributed by atoms with Crippen molar-refractivity contribution in [1.82, 2.24) is 0 Å². The standard InChI is InChI=1S/C12H15ClN2O4/c1-18-12(17)8-2-3-9(13)10(6-8)15-11(16)7-19-5-4-14/h2-3,6H,4-5,7,14H2,1H3,(H,15,16). The van der Waals surface area contributed by atoms with Crippen molar-refractivity contribution in [3.8, 4) is 0 Å². The fourth-order valence-corrected chi connectivity index (χ4v) is 1.47. The van der Waals surface area contributed by atoms with E-state index in [0.29, 0.717) is 29.4 Å². The van der Waals surface area contributed by atoms with Gasteiger partial charge in [0.25, 0.3) is 0 Å². The van der Waals surface area contributed by atoms with Crippen LogP contribution in [0.15, 0.2) is 18.2 Å². The topological polar surface area (TPSA) is 90.6 Å². The van der Waals surface area contributed by atoms with Gasteiger partial charge in [-0.3, -0.25) is 4.79 Å². The molecule has 1 rings (SSSR count). The lowest BCUT2D eigenvalue weighted by Crippen LogP contribution is -2.21. The minimum absolute atomic E-state index is 0.129. The summed E-state index contributed by atoms with van der Waals surface area (Å²) in [6.45, 7) is 0.505. The number of carbonyl (C=O) groups excluding carboxylic acids is 2. The summed E-state index contributed by atoms with van der Waals surface area (Å²) in [6, 6.07) is 4.45. The molecule has 0 fully saturated rings. The summed E-state index contributed by atoms with van der Waals surface area (Å²) in [5, 5.41) is 2.86.